The molecule has 0 saturated carbocycles. The van der Waals surface area contributed by atoms with Crippen molar-refractivity contribution in [2.75, 3.05) is 0 Å². The van der Waals surface area contributed by atoms with Crippen LogP contribution in [0.25, 0.3) is 32.7 Å². The third kappa shape index (κ3) is 1.28. The van der Waals surface area contributed by atoms with Gasteiger partial charge in [0.15, 0.2) is 0 Å². The first-order valence-corrected chi connectivity index (χ1v) is 5.95. The molecule has 0 amide bonds. The van der Waals surface area contributed by atoms with E-state index in [0.29, 0.717) is 43.8 Å². The van der Waals surface area contributed by atoms with Gasteiger partial charge in [-0.1, -0.05) is 41.9 Å². The first-order chi connectivity index (χ1) is 10.1. The quantitative estimate of drug-likeness (QED) is 0.410. The van der Waals surface area contributed by atoms with Crippen molar-refractivity contribution in [2.24, 2.45) is 0 Å². The minimum atomic E-state index is 0.238. The molecule has 86 valence electrons. The molecule has 0 unspecified atom stereocenters. The molecule has 0 aliphatic carbocycles. The molecule has 1 aromatic heterocycles. The summed E-state index contributed by atoms with van der Waals surface area (Å²) in [7, 11) is 0. The maximum Gasteiger partial charge on any atom is 0.136 e. The van der Waals surface area contributed by atoms with Crippen LogP contribution in [0.15, 0.2) is 58.9 Å². The van der Waals surface area contributed by atoms with E-state index in [4.69, 9.17) is 20.1 Å². The minimum absolute atomic E-state index is 0.238. The molecule has 4 aromatic rings. The normalized spacial score (nSPS) is 13.9. The first-order valence-electron chi connectivity index (χ1n) is 7.07. The minimum Gasteiger partial charge on any atom is -0.456 e. The Hall–Kier alpha value is -1.99. The highest BCUT2D eigenvalue weighted by molar-refractivity contribution is 6.32. The Bertz CT molecular complexity index is 1040. The number of hydrogen-bond donors (Lipinski definition) is 0. The van der Waals surface area contributed by atoms with Crippen LogP contribution in [-0.4, -0.2) is 0 Å². The summed E-state index contributed by atoms with van der Waals surface area (Å²) >= 11 is 6.01. The Morgan fingerprint density at radius 1 is 0.944 bits per heavy atom. The highest BCUT2D eigenvalue weighted by atomic mass is 35.5. The zero-order chi connectivity index (χ0) is 14.7. The van der Waals surface area contributed by atoms with E-state index in [9.17, 15) is 0 Å². The molecule has 0 aliphatic heterocycles. The fourth-order valence-corrected chi connectivity index (χ4v) is 2.44. The molecule has 1 heterocycles. The molecule has 0 saturated heterocycles. The standard InChI is InChI=1S/C16H9ClO/c17-11-6-7-12-10(9-11)5-8-15-16(12)13-3-1-2-4-14(13)18-15/h1-9H/i3D,5D,7D. The predicted molar refractivity (Wildman–Crippen MR) is 76.2 cm³/mol. The van der Waals surface area contributed by atoms with Gasteiger partial charge < -0.3 is 4.42 Å². The van der Waals surface area contributed by atoms with Gasteiger partial charge in [0.25, 0.3) is 0 Å². The average molecular weight is 256 g/mol. The third-order valence-electron chi connectivity index (χ3n) is 3.05. The lowest BCUT2D eigenvalue weighted by atomic mass is 10.0. The number of rotatable bonds is 0. The van der Waals surface area contributed by atoms with Gasteiger partial charge >= 0.3 is 0 Å². The average Bonchev–Trinajstić information content (AvgIpc) is 2.77. The van der Waals surface area contributed by atoms with Crippen LogP contribution in [0.4, 0.5) is 0 Å². The van der Waals surface area contributed by atoms with Gasteiger partial charge in [0.2, 0.25) is 0 Å². The molecule has 3 aromatic carbocycles. The van der Waals surface area contributed by atoms with Gasteiger partial charge in [-0.25, -0.2) is 0 Å². The molecule has 0 fully saturated rings. The summed E-state index contributed by atoms with van der Waals surface area (Å²) < 4.78 is 30.2. The number of halogens is 1. The highest BCUT2D eigenvalue weighted by Crippen LogP contribution is 2.35. The molecule has 0 bridgehead atoms. The van der Waals surface area contributed by atoms with Gasteiger partial charge in [0.1, 0.15) is 11.2 Å². The molecule has 1 nitrogen and oxygen atoms in total. The summed E-state index contributed by atoms with van der Waals surface area (Å²) in [6.07, 6.45) is 0. The van der Waals surface area contributed by atoms with E-state index < -0.39 is 0 Å². The second-order valence-electron chi connectivity index (χ2n) is 4.15. The summed E-state index contributed by atoms with van der Waals surface area (Å²) in [4.78, 5) is 0. The summed E-state index contributed by atoms with van der Waals surface area (Å²) in [5.41, 5.74) is 1.12. The molecular formula is C16H9ClO. The number of para-hydroxylation sites is 1. The van der Waals surface area contributed by atoms with E-state index in [-0.39, 0.29) is 12.1 Å². The van der Waals surface area contributed by atoms with Crippen molar-refractivity contribution in [3.05, 3.63) is 59.5 Å². The molecule has 4 rings (SSSR count). The summed E-state index contributed by atoms with van der Waals surface area (Å²) in [6.45, 7) is 0. The second kappa shape index (κ2) is 3.50. The summed E-state index contributed by atoms with van der Waals surface area (Å²) in [5, 5.41) is 3.03. The monoisotopic (exact) mass is 255 g/mol. The molecule has 0 atom stereocenters. The van der Waals surface area contributed by atoms with Crippen LogP contribution in [0.1, 0.15) is 4.11 Å². The Morgan fingerprint density at radius 2 is 1.89 bits per heavy atom. The van der Waals surface area contributed by atoms with Gasteiger partial charge in [0, 0.05) is 15.8 Å². The van der Waals surface area contributed by atoms with Crippen molar-refractivity contribution >= 4 is 44.3 Å². The van der Waals surface area contributed by atoms with E-state index >= 15 is 0 Å². The SMILES string of the molecule is [2H]c1cc2oc3cccc([2H])c3c2c2c([2H])cc(Cl)cc12. The number of fused-ring (bicyclic) bond motifs is 5. The lowest BCUT2D eigenvalue weighted by Gasteiger charge is -2.00. The van der Waals surface area contributed by atoms with Gasteiger partial charge in [-0.05, 0) is 35.0 Å². The van der Waals surface area contributed by atoms with Crippen LogP contribution in [0.3, 0.4) is 0 Å². The lowest BCUT2D eigenvalue weighted by molar-refractivity contribution is 0.669. The van der Waals surface area contributed by atoms with Gasteiger partial charge in [0.05, 0.1) is 4.11 Å². The maximum atomic E-state index is 8.20. The van der Waals surface area contributed by atoms with Gasteiger partial charge in [-0.15, -0.1) is 0 Å². The van der Waals surface area contributed by atoms with Crippen LogP contribution in [0.5, 0.6) is 0 Å². The molecule has 18 heavy (non-hydrogen) atoms. The zero-order valence-corrected chi connectivity index (χ0v) is 10.0. The maximum absolute atomic E-state index is 8.20. The van der Waals surface area contributed by atoms with E-state index in [1.807, 2.05) is 0 Å². The Kier molecular flexibility index (Phi) is 1.45. The lowest BCUT2D eigenvalue weighted by Crippen LogP contribution is -1.74. The summed E-state index contributed by atoms with van der Waals surface area (Å²) in [5.74, 6) is 0. The molecule has 0 aliphatic rings. The van der Waals surface area contributed by atoms with Crippen molar-refractivity contribution < 1.29 is 8.53 Å². The fraction of sp³-hybridized carbons (Fsp3) is 0. The van der Waals surface area contributed by atoms with Gasteiger partial charge in [-0.3, -0.25) is 0 Å². The molecule has 0 radical (unpaired) electrons. The van der Waals surface area contributed by atoms with Crippen LogP contribution in [0, 0.1) is 0 Å². The Balaban J connectivity index is 2.40. The van der Waals surface area contributed by atoms with Crippen LogP contribution >= 0.6 is 11.6 Å². The van der Waals surface area contributed by atoms with Crippen molar-refractivity contribution in [2.45, 2.75) is 0 Å². The molecular weight excluding hydrogens is 244 g/mol. The Morgan fingerprint density at radius 3 is 2.83 bits per heavy atom. The second-order valence-corrected chi connectivity index (χ2v) is 4.58. The Labute approximate surface area is 113 Å². The largest absolute Gasteiger partial charge is 0.456 e. The summed E-state index contributed by atoms with van der Waals surface area (Å²) in [6, 6.07) is 10.9. The smallest absolute Gasteiger partial charge is 0.136 e. The van der Waals surface area contributed by atoms with Gasteiger partial charge in [-0.2, -0.15) is 0 Å². The van der Waals surface area contributed by atoms with Crippen LogP contribution in [0.2, 0.25) is 5.02 Å². The predicted octanol–water partition coefficient (Wildman–Crippen LogP) is 5.39. The van der Waals surface area contributed by atoms with E-state index in [1.54, 1.807) is 36.4 Å². The van der Waals surface area contributed by atoms with E-state index in [0.717, 1.165) is 0 Å². The first kappa shape index (κ1) is 7.45. The zero-order valence-electron chi connectivity index (χ0n) is 12.3. The topological polar surface area (TPSA) is 13.1 Å². The van der Waals surface area contributed by atoms with E-state index in [1.165, 1.54) is 0 Å². The highest BCUT2D eigenvalue weighted by Gasteiger charge is 2.09. The fourth-order valence-electron chi connectivity index (χ4n) is 2.28. The number of benzene rings is 3. The van der Waals surface area contributed by atoms with Crippen molar-refractivity contribution in [3.8, 4) is 0 Å². The van der Waals surface area contributed by atoms with Crippen molar-refractivity contribution in [1.29, 1.82) is 0 Å². The third-order valence-corrected chi connectivity index (χ3v) is 3.27. The van der Waals surface area contributed by atoms with Crippen molar-refractivity contribution in [1.82, 2.24) is 0 Å². The van der Waals surface area contributed by atoms with Crippen LogP contribution in [-0.2, 0) is 0 Å². The van der Waals surface area contributed by atoms with Crippen LogP contribution < -0.4 is 0 Å². The number of furan rings is 1. The molecule has 0 N–H and O–H groups in total. The number of hydrogen-bond acceptors (Lipinski definition) is 1. The van der Waals surface area contributed by atoms with E-state index in [2.05, 4.69) is 0 Å². The molecule has 2 heteroatoms. The van der Waals surface area contributed by atoms with Crippen molar-refractivity contribution in [3.63, 3.8) is 0 Å². The molecule has 0 spiro atoms.